The van der Waals surface area contributed by atoms with Crippen molar-refractivity contribution < 1.29 is 23.8 Å². The number of aliphatic hydroxyl groups excluding tert-OH is 1. The molecule has 1 atom stereocenters. The van der Waals surface area contributed by atoms with E-state index in [4.69, 9.17) is 16.3 Å². The van der Waals surface area contributed by atoms with Crippen molar-refractivity contribution >= 4 is 23.3 Å². The van der Waals surface area contributed by atoms with Crippen molar-refractivity contribution in [1.82, 2.24) is 5.32 Å². The Labute approximate surface area is 119 Å². The summed E-state index contributed by atoms with van der Waals surface area (Å²) in [5, 5.41) is 11.8. The number of carbonyl (C=O) groups is 2. The van der Waals surface area contributed by atoms with Gasteiger partial charge in [0.2, 0.25) is 17.5 Å². The first-order valence-corrected chi connectivity index (χ1v) is 6.03. The molecule has 1 aromatic rings. The van der Waals surface area contributed by atoms with Gasteiger partial charge in [-0.25, -0.2) is 4.39 Å². The molecule has 0 fully saturated rings. The third-order valence-electron chi connectivity index (χ3n) is 2.93. The summed E-state index contributed by atoms with van der Waals surface area (Å²) in [5.74, 6) is -3.05. The molecule has 0 radical (unpaired) electrons. The van der Waals surface area contributed by atoms with Gasteiger partial charge in [0, 0.05) is 12.5 Å². The SMILES string of the molecule is CC(=O)NC1=C(O)C(=O)C(C)(c2ccc(Cl)c(F)c2)O1. The number of hydrogen-bond acceptors (Lipinski definition) is 4. The van der Waals surface area contributed by atoms with Gasteiger partial charge in [-0.15, -0.1) is 0 Å². The maximum Gasteiger partial charge on any atom is 0.250 e. The Morgan fingerprint density at radius 2 is 2.15 bits per heavy atom. The topological polar surface area (TPSA) is 75.6 Å². The summed E-state index contributed by atoms with van der Waals surface area (Å²) >= 11 is 5.58. The summed E-state index contributed by atoms with van der Waals surface area (Å²) in [6, 6.07) is 3.74. The van der Waals surface area contributed by atoms with Crippen LogP contribution in [0.25, 0.3) is 0 Å². The molecule has 2 N–H and O–H groups in total. The molecule has 0 aromatic heterocycles. The fourth-order valence-electron chi connectivity index (χ4n) is 1.86. The van der Waals surface area contributed by atoms with Crippen molar-refractivity contribution in [2.75, 3.05) is 0 Å². The van der Waals surface area contributed by atoms with Crippen LogP contribution in [-0.2, 0) is 19.9 Å². The molecule has 1 amide bonds. The second kappa shape index (κ2) is 4.79. The van der Waals surface area contributed by atoms with Crippen molar-refractivity contribution in [2.45, 2.75) is 19.4 Å². The number of rotatable bonds is 2. The number of benzene rings is 1. The number of carbonyl (C=O) groups excluding carboxylic acids is 2. The zero-order valence-electron chi connectivity index (χ0n) is 10.7. The first kappa shape index (κ1) is 14.3. The Balaban J connectivity index is 2.40. The number of ether oxygens (including phenoxy) is 1. The lowest BCUT2D eigenvalue weighted by Gasteiger charge is -2.23. The van der Waals surface area contributed by atoms with Crippen LogP contribution in [0, 0.1) is 5.82 Å². The van der Waals surface area contributed by atoms with Crippen molar-refractivity contribution in [1.29, 1.82) is 0 Å². The summed E-state index contributed by atoms with van der Waals surface area (Å²) in [7, 11) is 0. The van der Waals surface area contributed by atoms with Crippen LogP contribution in [0.1, 0.15) is 19.4 Å². The number of hydrogen-bond donors (Lipinski definition) is 2. The van der Waals surface area contributed by atoms with Gasteiger partial charge in [-0.1, -0.05) is 17.7 Å². The monoisotopic (exact) mass is 299 g/mol. The zero-order chi connectivity index (χ0) is 15.1. The first-order valence-electron chi connectivity index (χ1n) is 5.66. The fourth-order valence-corrected chi connectivity index (χ4v) is 1.97. The van der Waals surface area contributed by atoms with E-state index < -0.39 is 28.9 Å². The van der Waals surface area contributed by atoms with E-state index in [1.54, 1.807) is 0 Å². The van der Waals surface area contributed by atoms with Crippen LogP contribution < -0.4 is 5.32 Å². The quantitative estimate of drug-likeness (QED) is 0.877. The van der Waals surface area contributed by atoms with Crippen LogP contribution in [0.3, 0.4) is 0 Å². The van der Waals surface area contributed by atoms with Crippen LogP contribution >= 0.6 is 11.6 Å². The zero-order valence-corrected chi connectivity index (χ0v) is 11.4. The van der Waals surface area contributed by atoms with E-state index in [-0.39, 0.29) is 16.5 Å². The van der Waals surface area contributed by atoms with Gasteiger partial charge in [0.1, 0.15) is 5.82 Å². The van der Waals surface area contributed by atoms with E-state index in [1.165, 1.54) is 26.0 Å². The van der Waals surface area contributed by atoms with E-state index >= 15 is 0 Å². The van der Waals surface area contributed by atoms with Gasteiger partial charge < -0.3 is 9.84 Å². The molecule has 20 heavy (non-hydrogen) atoms. The lowest BCUT2D eigenvalue weighted by Crippen LogP contribution is -2.32. The summed E-state index contributed by atoms with van der Waals surface area (Å²) in [4.78, 5) is 23.0. The van der Waals surface area contributed by atoms with Gasteiger partial charge in [-0.2, -0.15) is 0 Å². The molecule has 2 rings (SSSR count). The van der Waals surface area contributed by atoms with E-state index in [9.17, 15) is 19.1 Å². The molecular weight excluding hydrogens is 289 g/mol. The summed E-state index contributed by atoms with van der Waals surface area (Å²) in [6.07, 6.45) is 0. The minimum absolute atomic E-state index is 0.0953. The average molecular weight is 300 g/mol. The standard InChI is InChI=1S/C13H11ClFNO4/c1-6(17)16-12-10(18)11(19)13(2,20-12)7-3-4-8(14)9(15)5-7/h3-5,18H,1-2H3,(H,16,17). The molecule has 1 aromatic carbocycles. The first-order chi connectivity index (χ1) is 9.25. The second-order valence-electron chi connectivity index (χ2n) is 4.45. The Bertz CT molecular complexity index is 643. The Morgan fingerprint density at radius 1 is 1.50 bits per heavy atom. The second-order valence-corrected chi connectivity index (χ2v) is 4.86. The molecule has 0 saturated carbocycles. The number of halogens is 2. The van der Waals surface area contributed by atoms with Gasteiger partial charge in [-0.3, -0.25) is 14.9 Å². The van der Waals surface area contributed by atoms with Crippen molar-refractivity contribution in [3.05, 3.63) is 46.2 Å². The van der Waals surface area contributed by atoms with Gasteiger partial charge >= 0.3 is 0 Å². The molecule has 5 nitrogen and oxygen atoms in total. The predicted molar refractivity (Wildman–Crippen MR) is 68.3 cm³/mol. The smallest absolute Gasteiger partial charge is 0.250 e. The van der Waals surface area contributed by atoms with Crippen LogP contribution in [-0.4, -0.2) is 16.8 Å². The molecule has 106 valence electrons. The minimum Gasteiger partial charge on any atom is -0.501 e. The summed E-state index contributed by atoms with van der Waals surface area (Å²) in [6.45, 7) is 2.56. The molecular formula is C13H11ClFNO4. The third kappa shape index (κ3) is 2.22. The lowest BCUT2D eigenvalue weighted by atomic mass is 9.91. The average Bonchev–Trinajstić information content (AvgIpc) is 2.58. The van der Waals surface area contributed by atoms with E-state index in [0.717, 1.165) is 6.07 Å². The summed E-state index contributed by atoms with van der Waals surface area (Å²) < 4.78 is 18.8. The van der Waals surface area contributed by atoms with E-state index in [2.05, 4.69) is 5.32 Å². The molecule has 1 aliphatic heterocycles. The molecule has 1 heterocycles. The van der Waals surface area contributed by atoms with Gasteiger partial charge in [0.15, 0.2) is 5.60 Å². The predicted octanol–water partition coefficient (Wildman–Crippen LogP) is 2.16. The number of Topliss-reactive ketones (excluding diaryl/α,β-unsaturated/α-hetero) is 1. The minimum atomic E-state index is -1.62. The molecule has 0 aliphatic carbocycles. The number of aliphatic hydroxyl groups is 1. The highest BCUT2D eigenvalue weighted by molar-refractivity contribution is 6.30. The molecule has 1 unspecified atom stereocenters. The molecule has 0 spiro atoms. The number of amides is 1. The lowest BCUT2D eigenvalue weighted by molar-refractivity contribution is -0.132. The Morgan fingerprint density at radius 3 is 2.70 bits per heavy atom. The number of ketones is 1. The highest BCUT2D eigenvalue weighted by Crippen LogP contribution is 2.37. The van der Waals surface area contributed by atoms with Crippen molar-refractivity contribution in [2.24, 2.45) is 0 Å². The van der Waals surface area contributed by atoms with Crippen molar-refractivity contribution in [3.63, 3.8) is 0 Å². The fraction of sp³-hybridized carbons (Fsp3) is 0.231. The third-order valence-corrected chi connectivity index (χ3v) is 3.24. The Hall–Kier alpha value is -2.08. The summed E-state index contributed by atoms with van der Waals surface area (Å²) in [5.41, 5.74) is -1.44. The maximum atomic E-state index is 13.5. The van der Waals surface area contributed by atoms with Gasteiger partial charge in [0.05, 0.1) is 5.02 Å². The highest BCUT2D eigenvalue weighted by atomic mass is 35.5. The maximum absolute atomic E-state index is 13.5. The molecule has 0 bridgehead atoms. The van der Waals surface area contributed by atoms with Crippen LogP contribution in [0.4, 0.5) is 4.39 Å². The largest absolute Gasteiger partial charge is 0.501 e. The molecule has 0 saturated heterocycles. The van der Waals surface area contributed by atoms with Crippen molar-refractivity contribution in [3.8, 4) is 0 Å². The van der Waals surface area contributed by atoms with E-state index in [0.29, 0.717) is 0 Å². The van der Waals surface area contributed by atoms with Gasteiger partial charge in [0.25, 0.3) is 5.78 Å². The molecule has 7 heteroatoms. The van der Waals surface area contributed by atoms with E-state index in [1.807, 2.05) is 0 Å². The highest BCUT2D eigenvalue weighted by Gasteiger charge is 2.48. The Kier molecular flexibility index (Phi) is 3.43. The molecule has 1 aliphatic rings. The number of nitrogens with one attached hydrogen (secondary N) is 1. The van der Waals surface area contributed by atoms with Crippen LogP contribution in [0.15, 0.2) is 29.8 Å². The van der Waals surface area contributed by atoms with Crippen LogP contribution in [0.2, 0.25) is 5.02 Å². The van der Waals surface area contributed by atoms with Gasteiger partial charge in [-0.05, 0) is 19.1 Å². The normalized spacial score (nSPS) is 21.9. The van der Waals surface area contributed by atoms with Crippen LogP contribution in [0.5, 0.6) is 0 Å².